The normalized spacial score (nSPS) is 47.2. The summed E-state index contributed by atoms with van der Waals surface area (Å²) >= 11 is 0. The van der Waals surface area contributed by atoms with Gasteiger partial charge in [0.25, 0.3) is 5.91 Å². The fraction of sp³-hybridized carbons (Fsp3) is 0.875. The zero-order valence-electron chi connectivity index (χ0n) is 12.0. The van der Waals surface area contributed by atoms with Gasteiger partial charge in [-0.3, -0.25) is 4.79 Å². The summed E-state index contributed by atoms with van der Waals surface area (Å²) < 4.78 is 0. The molecule has 1 spiro atoms. The molecule has 0 aromatic carbocycles. The van der Waals surface area contributed by atoms with Gasteiger partial charge in [-0.1, -0.05) is 0 Å². The molecule has 0 aromatic rings. The molecule has 1 heterocycles. The Bertz CT molecular complexity index is 485. The van der Waals surface area contributed by atoms with Gasteiger partial charge < -0.3 is 5.73 Å². The van der Waals surface area contributed by atoms with Gasteiger partial charge in [-0.05, 0) is 74.5 Å². The van der Waals surface area contributed by atoms with E-state index in [0.29, 0.717) is 11.3 Å². The Hall–Kier alpha value is -1.06. The van der Waals surface area contributed by atoms with Crippen molar-refractivity contribution in [1.82, 2.24) is 5.01 Å². The molecular weight excluding hydrogens is 250 g/mol. The van der Waals surface area contributed by atoms with Crippen molar-refractivity contribution in [3.8, 4) is 0 Å². The maximum absolute atomic E-state index is 12.6. The largest absolute Gasteiger partial charge is 0.385 e. The summed E-state index contributed by atoms with van der Waals surface area (Å²) in [7, 11) is 0. The van der Waals surface area contributed by atoms with Crippen LogP contribution in [-0.4, -0.2) is 23.3 Å². The lowest BCUT2D eigenvalue weighted by molar-refractivity contribution is -0.138. The predicted molar refractivity (Wildman–Crippen MR) is 75.6 cm³/mol. The number of hydrogen-bond acceptors (Lipinski definition) is 3. The van der Waals surface area contributed by atoms with Crippen LogP contribution < -0.4 is 5.73 Å². The Morgan fingerprint density at radius 2 is 1.65 bits per heavy atom. The van der Waals surface area contributed by atoms with Gasteiger partial charge in [-0.15, -0.1) is 0 Å². The number of amides is 1. The van der Waals surface area contributed by atoms with E-state index < -0.39 is 0 Å². The number of nitrogens with two attached hydrogens (primary N) is 1. The first-order chi connectivity index (χ1) is 9.59. The third kappa shape index (κ3) is 1.38. The fourth-order valence-electron chi connectivity index (χ4n) is 6.13. The van der Waals surface area contributed by atoms with Gasteiger partial charge >= 0.3 is 0 Å². The second-order valence-corrected chi connectivity index (χ2v) is 8.35. The summed E-state index contributed by atoms with van der Waals surface area (Å²) in [5.41, 5.74) is 6.02. The zero-order valence-corrected chi connectivity index (χ0v) is 12.0. The highest BCUT2D eigenvalue weighted by atomic mass is 16.2. The van der Waals surface area contributed by atoms with Crippen LogP contribution in [0.15, 0.2) is 5.10 Å². The number of carbonyl (C=O) groups is 1. The van der Waals surface area contributed by atoms with E-state index in [1.807, 2.05) is 0 Å². The van der Waals surface area contributed by atoms with Crippen LogP contribution in [0.5, 0.6) is 0 Å². The van der Waals surface area contributed by atoms with Gasteiger partial charge in [0.05, 0.1) is 6.54 Å². The first-order valence-electron chi connectivity index (χ1n) is 8.25. The molecule has 1 amide bonds. The molecule has 1 aliphatic heterocycles. The number of rotatable bonds is 2. The molecule has 0 unspecified atom stereocenters. The smallest absolute Gasteiger partial charge is 0.256 e. The van der Waals surface area contributed by atoms with E-state index in [4.69, 9.17) is 5.73 Å². The average molecular weight is 273 g/mol. The second-order valence-electron chi connectivity index (χ2n) is 8.35. The number of hydrazone groups is 1. The second kappa shape index (κ2) is 3.40. The molecule has 5 saturated carbocycles. The summed E-state index contributed by atoms with van der Waals surface area (Å²) in [5.74, 6) is 3.57. The Balaban J connectivity index is 1.41. The van der Waals surface area contributed by atoms with Crippen LogP contribution in [0, 0.1) is 28.6 Å². The molecule has 4 nitrogen and oxygen atoms in total. The number of carbonyl (C=O) groups excluding carboxylic acids is 1. The monoisotopic (exact) mass is 273 g/mol. The van der Waals surface area contributed by atoms with Gasteiger partial charge in [0.15, 0.2) is 0 Å². The number of amidine groups is 1. The van der Waals surface area contributed by atoms with Gasteiger partial charge in [-0.2, -0.15) is 5.10 Å². The average Bonchev–Trinajstić information content (AvgIpc) is 3.12. The predicted octanol–water partition coefficient (Wildman–Crippen LogP) is 2.10. The van der Waals surface area contributed by atoms with Crippen LogP contribution >= 0.6 is 0 Å². The number of nitrogens with zero attached hydrogens (tertiary/aromatic N) is 2. The van der Waals surface area contributed by atoms with Crippen LogP contribution in [0.1, 0.15) is 51.4 Å². The third-order valence-electron chi connectivity index (χ3n) is 6.76. The summed E-state index contributed by atoms with van der Waals surface area (Å²) in [4.78, 5) is 12.6. The Morgan fingerprint density at radius 1 is 1.10 bits per heavy atom. The number of hydrogen-bond donors (Lipinski definition) is 1. The molecule has 0 atom stereocenters. The SMILES string of the molecule is NC1=NN(CC23CC4CC(CC(C4)C2)C3)C(=O)C12CC2. The minimum absolute atomic E-state index is 0.200. The van der Waals surface area contributed by atoms with Crippen LogP contribution in [0.3, 0.4) is 0 Å². The van der Waals surface area contributed by atoms with Gasteiger partial charge in [0, 0.05) is 0 Å². The first kappa shape index (κ1) is 11.6. The zero-order chi connectivity index (χ0) is 13.5. The molecule has 20 heavy (non-hydrogen) atoms. The quantitative estimate of drug-likeness (QED) is 0.837. The summed E-state index contributed by atoms with van der Waals surface area (Å²) in [6, 6.07) is 0. The summed E-state index contributed by atoms with van der Waals surface area (Å²) in [6.45, 7) is 0.845. The van der Waals surface area contributed by atoms with Crippen molar-refractivity contribution in [2.75, 3.05) is 6.54 Å². The molecule has 4 heteroatoms. The lowest BCUT2D eigenvalue weighted by atomic mass is 9.49. The van der Waals surface area contributed by atoms with Gasteiger partial charge in [0.2, 0.25) is 0 Å². The van der Waals surface area contributed by atoms with Crippen molar-refractivity contribution in [2.24, 2.45) is 39.4 Å². The molecule has 0 radical (unpaired) electrons. The lowest BCUT2D eigenvalue weighted by Crippen LogP contribution is -2.51. The van der Waals surface area contributed by atoms with Crippen LogP contribution in [0.4, 0.5) is 0 Å². The van der Waals surface area contributed by atoms with Crippen molar-refractivity contribution in [2.45, 2.75) is 51.4 Å². The minimum atomic E-state index is -0.359. The first-order valence-corrected chi connectivity index (χ1v) is 8.25. The molecule has 0 aromatic heterocycles. The maximum Gasteiger partial charge on any atom is 0.256 e. The molecule has 5 aliphatic carbocycles. The van der Waals surface area contributed by atoms with Crippen molar-refractivity contribution in [1.29, 1.82) is 0 Å². The van der Waals surface area contributed by atoms with E-state index in [9.17, 15) is 4.79 Å². The maximum atomic E-state index is 12.6. The van der Waals surface area contributed by atoms with Crippen molar-refractivity contribution in [3.63, 3.8) is 0 Å². The molecule has 6 aliphatic rings. The van der Waals surface area contributed by atoms with Crippen LogP contribution in [-0.2, 0) is 4.79 Å². The lowest BCUT2D eigenvalue weighted by Gasteiger charge is -2.57. The third-order valence-corrected chi connectivity index (χ3v) is 6.76. The topological polar surface area (TPSA) is 58.7 Å². The van der Waals surface area contributed by atoms with Crippen LogP contribution in [0.2, 0.25) is 0 Å². The van der Waals surface area contributed by atoms with Crippen LogP contribution in [0.25, 0.3) is 0 Å². The van der Waals surface area contributed by atoms with E-state index in [1.165, 1.54) is 38.5 Å². The van der Waals surface area contributed by atoms with E-state index in [1.54, 1.807) is 5.01 Å². The minimum Gasteiger partial charge on any atom is -0.385 e. The van der Waals surface area contributed by atoms with Gasteiger partial charge in [0.1, 0.15) is 11.3 Å². The molecule has 5 fully saturated rings. The Morgan fingerprint density at radius 3 is 2.10 bits per heavy atom. The van der Waals surface area contributed by atoms with E-state index in [2.05, 4.69) is 5.10 Å². The summed E-state index contributed by atoms with van der Waals surface area (Å²) in [5, 5.41) is 6.20. The van der Waals surface area contributed by atoms with E-state index >= 15 is 0 Å². The highest BCUT2D eigenvalue weighted by Crippen LogP contribution is 2.61. The van der Waals surface area contributed by atoms with Crippen molar-refractivity contribution in [3.05, 3.63) is 0 Å². The highest BCUT2D eigenvalue weighted by molar-refractivity contribution is 6.13. The standard InChI is InChI=1S/C16H23N3O/c17-13-16(1-2-16)14(20)19(18-13)9-15-6-10-3-11(7-15)5-12(4-10)8-15/h10-12H,1-9H2,(H2,17,18). The molecule has 0 saturated heterocycles. The van der Waals surface area contributed by atoms with E-state index in [-0.39, 0.29) is 11.3 Å². The van der Waals surface area contributed by atoms with Gasteiger partial charge in [-0.25, -0.2) is 5.01 Å². The van der Waals surface area contributed by atoms with E-state index in [0.717, 1.165) is 37.1 Å². The Labute approximate surface area is 119 Å². The summed E-state index contributed by atoms with van der Waals surface area (Å²) in [6.07, 6.45) is 10.1. The van der Waals surface area contributed by atoms with Crippen molar-refractivity contribution >= 4 is 11.7 Å². The fourth-order valence-corrected chi connectivity index (χ4v) is 6.13. The molecule has 6 rings (SSSR count). The highest BCUT2D eigenvalue weighted by Gasteiger charge is 2.61. The molecule has 108 valence electrons. The van der Waals surface area contributed by atoms with Crippen molar-refractivity contribution < 1.29 is 4.79 Å². The molecule has 4 bridgehead atoms. The molecular formula is C16H23N3O. The Kier molecular flexibility index (Phi) is 1.97. The molecule has 2 N–H and O–H groups in total.